The highest BCUT2D eigenvalue weighted by Gasteiger charge is 2.33. The minimum atomic E-state index is -3.88. The maximum Gasteiger partial charge on any atom is 0.241 e. The van der Waals surface area contributed by atoms with Crippen molar-refractivity contribution in [3.63, 3.8) is 0 Å². The third kappa shape index (κ3) is 5.76. The van der Waals surface area contributed by atoms with Crippen molar-refractivity contribution in [2.45, 2.75) is 42.5 Å². The number of piperidine rings is 1. The van der Waals surface area contributed by atoms with Crippen LogP contribution >= 0.6 is 23.2 Å². The van der Waals surface area contributed by atoms with E-state index in [9.17, 15) is 13.2 Å². The molecule has 1 fully saturated rings. The van der Waals surface area contributed by atoms with Crippen molar-refractivity contribution in [1.29, 1.82) is 0 Å². The van der Waals surface area contributed by atoms with Crippen molar-refractivity contribution in [2.24, 2.45) is 5.92 Å². The standard InChI is InChI=1S/C22H26Cl2N2O3S/c1-16-11-13-26(14-12-16)22(27)21(15-20(24)18-9-5-6-10-19(18)23)25-30(28,29)17-7-3-2-4-8-17/h2-10,16,20-21,25H,11-15H2,1H3. The van der Waals surface area contributed by atoms with E-state index in [1.54, 1.807) is 41.3 Å². The number of halogens is 2. The first kappa shape index (κ1) is 23.1. The molecule has 2 aromatic carbocycles. The molecule has 1 amide bonds. The quantitative estimate of drug-likeness (QED) is 0.602. The van der Waals surface area contributed by atoms with Crippen LogP contribution in [0, 0.1) is 5.92 Å². The van der Waals surface area contributed by atoms with E-state index in [4.69, 9.17) is 23.2 Å². The third-order valence-corrected chi connectivity index (χ3v) is 7.67. The lowest BCUT2D eigenvalue weighted by molar-refractivity contribution is -0.134. The van der Waals surface area contributed by atoms with E-state index in [1.165, 1.54) is 12.1 Å². The lowest BCUT2D eigenvalue weighted by Gasteiger charge is -2.33. The van der Waals surface area contributed by atoms with E-state index in [0.717, 1.165) is 12.8 Å². The highest BCUT2D eigenvalue weighted by Crippen LogP contribution is 2.32. The van der Waals surface area contributed by atoms with Crippen LogP contribution in [0.5, 0.6) is 0 Å². The van der Waals surface area contributed by atoms with Gasteiger partial charge in [-0.05, 0) is 48.9 Å². The Balaban J connectivity index is 1.84. The fourth-order valence-corrected chi connectivity index (χ4v) is 5.48. The molecule has 1 aliphatic rings. The minimum absolute atomic E-state index is 0.0994. The molecule has 1 aliphatic heterocycles. The average molecular weight is 469 g/mol. The highest BCUT2D eigenvalue weighted by molar-refractivity contribution is 7.89. The van der Waals surface area contributed by atoms with Gasteiger partial charge in [0.1, 0.15) is 6.04 Å². The van der Waals surface area contributed by atoms with Gasteiger partial charge in [-0.1, -0.05) is 54.9 Å². The van der Waals surface area contributed by atoms with Gasteiger partial charge in [-0.3, -0.25) is 4.79 Å². The molecule has 162 valence electrons. The minimum Gasteiger partial charge on any atom is -0.341 e. The van der Waals surface area contributed by atoms with Crippen LogP contribution in [-0.4, -0.2) is 38.4 Å². The summed E-state index contributed by atoms with van der Waals surface area (Å²) in [5, 5.41) is -0.128. The molecular weight excluding hydrogens is 443 g/mol. The zero-order valence-electron chi connectivity index (χ0n) is 16.8. The molecule has 8 heteroatoms. The number of rotatable bonds is 7. The first-order valence-corrected chi connectivity index (χ1v) is 12.3. The number of carbonyl (C=O) groups excluding carboxylic acids is 1. The van der Waals surface area contributed by atoms with Gasteiger partial charge in [0.15, 0.2) is 0 Å². The van der Waals surface area contributed by atoms with Crippen LogP contribution in [0.2, 0.25) is 5.02 Å². The summed E-state index contributed by atoms with van der Waals surface area (Å²) < 4.78 is 28.4. The number of amides is 1. The first-order chi connectivity index (χ1) is 14.3. The van der Waals surface area contributed by atoms with Crippen LogP contribution in [0.25, 0.3) is 0 Å². The fraction of sp³-hybridized carbons (Fsp3) is 0.409. The summed E-state index contributed by atoms with van der Waals surface area (Å²) in [5.74, 6) is 0.302. The summed E-state index contributed by atoms with van der Waals surface area (Å²) in [6, 6.07) is 14.2. The Morgan fingerprint density at radius 2 is 1.70 bits per heavy atom. The van der Waals surface area contributed by atoms with Crippen LogP contribution in [0.4, 0.5) is 0 Å². The van der Waals surface area contributed by atoms with Gasteiger partial charge in [0.05, 0.1) is 10.3 Å². The Hall–Kier alpha value is -1.60. The van der Waals surface area contributed by atoms with Crippen LogP contribution in [0.15, 0.2) is 59.5 Å². The number of sulfonamides is 1. The van der Waals surface area contributed by atoms with Crippen LogP contribution in [0.3, 0.4) is 0 Å². The number of nitrogens with zero attached hydrogens (tertiary/aromatic N) is 1. The lowest BCUT2D eigenvalue weighted by Crippen LogP contribution is -2.50. The first-order valence-electron chi connectivity index (χ1n) is 10.0. The molecule has 2 aromatic rings. The summed E-state index contributed by atoms with van der Waals surface area (Å²) in [6.07, 6.45) is 1.90. The Kier molecular flexibility index (Phi) is 7.80. The molecule has 0 saturated carbocycles. The van der Waals surface area contributed by atoms with E-state index in [-0.39, 0.29) is 17.2 Å². The molecule has 0 aliphatic carbocycles. The van der Waals surface area contributed by atoms with Crippen molar-refractivity contribution in [3.8, 4) is 0 Å². The maximum absolute atomic E-state index is 13.3. The number of likely N-dealkylation sites (tertiary alicyclic amines) is 1. The van der Waals surface area contributed by atoms with Crippen LogP contribution in [-0.2, 0) is 14.8 Å². The predicted octanol–water partition coefficient (Wildman–Crippen LogP) is 4.62. The molecule has 5 nitrogen and oxygen atoms in total. The van der Waals surface area contributed by atoms with Gasteiger partial charge in [0.25, 0.3) is 0 Å². The van der Waals surface area contributed by atoms with Gasteiger partial charge in [-0.25, -0.2) is 8.42 Å². The van der Waals surface area contributed by atoms with Gasteiger partial charge in [0, 0.05) is 18.1 Å². The molecule has 0 radical (unpaired) electrons. The Labute approximate surface area is 188 Å². The van der Waals surface area contributed by atoms with Crippen molar-refractivity contribution in [3.05, 3.63) is 65.2 Å². The number of nitrogens with one attached hydrogen (secondary N) is 1. The molecule has 30 heavy (non-hydrogen) atoms. The molecule has 0 spiro atoms. The lowest BCUT2D eigenvalue weighted by atomic mass is 9.98. The normalized spacial score (nSPS) is 17.5. The second kappa shape index (κ2) is 10.1. The summed E-state index contributed by atoms with van der Waals surface area (Å²) in [5.41, 5.74) is 0.671. The summed E-state index contributed by atoms with van der Waals surface area (Å²) in [6.45, 7) is 3.38. The van der Waals surface area contributed by atoms with Crippen molar-refractivity contribution >= 4 is 39.1 Å². The van der Waals surface area contributed by atoms with Gasteiger partial charge in [0.2, 0.25) is 15.9 Å². The topological polar surface area (TPSA) is 66.5 Å². The zero-order chi connectivity index (χ0) is 21.7. The molecule has 0 bridgehead atoms. The monoisotopic (exact) mass is 468 g/mol. The second-order valence-corrected chi connectivity index (χ2v) is 10.4. The number of hydrogen-bond donors (Lipinski definition) is 1. The summed E-state index contributed by atoms with van der Waals surface area (Å²) >= 11 is 12.9. The molecule has 2 atom stereocenters. The van der Waals surface area contributed by atoms with E-state index in [2.05, 4.69) is 11.6 Å². The van der Waals surface area contributed by atoms with E-state index in [0.29, 0.717) is 29.6 Å². The van der Waals surface area contributed by atoms with Crippen LogP contribution < -0.4 is 4.72 Å². The van der Waals surface area contributed by atoms with Gasteiger partial charge in [-0.2, -0.15) is 4.72 Å². The average Bonchev–Trinajstić information content (AvgIpc) is 2.74. The molecule has 2 unspecified atom stereocenters. The number of benzene rings is 2. The number of hydrogen-bond acceptors (Lipinski definition) is 3. The van der Waals surface area contributed by atoms with Crippen molar-refractivity contribution in [1.82, 2.24) is 9.62 Å². The molecule has 3 rings (SSSR count). The zero-order valence-corrected chi connectivity index (χ0v) is 19.1. The largest absolute Gasteiger partial charge is 0.341 e. The van der Waals surface area contributed by atoms with Crippen molar-refractivity contribution in [2.75, 3.05) is 13.1 Å². The third-order valence-electron chi connectivity index (χ3n) is 5.43. The summed E-state index contributed by atoms with van der Waals surface area (Å²) in [4.78, 5) is 15.1. The Morgan fingerprint density at radius 1 is 1.10 bits per heavy atom. The van der Waals surface area contributed by atoms with E-state index >= 15 is 0 Å². The molecular formula is C22H26Cl2N2O3S. The van der Waals surface area contributed by atoms with Crippen LogP contribution in [0.1, 0.15) is 37.1 Å². The SMILES string of the molecule is CC1CCN(C(=O)C(CC(Cl)c2ccccc2Cl)NS(=O)(=O)c2ccccc2)CC1. The van der Waals surface area contributed by atoms with Gasteiger partial charge < -0.3 is 4.90 Å². The van der Waals surface area contributed by atoms with Gasteiger partial charge >= 0.3 is 0 Å². The fourth-order valence-electron chi connectivity index (χ4n) is 3.57. The molecule has 1 N–H and O–H groups in total. The molecule has 0 aromatic heterocycles. The Morgan fingerprint density at radius 3 is 2.33 bits per heavy atom. The van der Waals surface area contributed by atoms with Gasteiger partial charge in [-0.15, -0.1) is 11.6 Å². The Bertz CT molecular complexity index is 961. The maximum atomic E-state index is 13.3. The molecule has 1 heterocycles. The highest BCUT2D eigenvalue weighted by atomic mass is 35.5. The predicted molar refractivity (Wildman–Crippen MR) is 120 cm³/mol. The van der Waals surface area contributed by atoms with Crippen molar-refractivity contribution < 1.29 is 13.2 Å². The summed E-state index contributed by atoms with van der Waals surface area (Å²) in [7, 11) is -3.88. The second-order valence-electron chi connectivity index (χ2n) is 7.72. The number of alkyl halides is 1. The smallest absolute Gasteiger partial charge is 0.241 e. The van der Waals surface area contributed by atoms with E-state index in [1.807, 2.05) is 6.07 Å². The number of carbonyl (C=O) groups is 1. The molecule has 1 saturated heterocycles. The van der Waals surface area contributed by atoms with E-state index < -0.39 is 21.4 Å².